The van der Waals surface area contributed by atoms with Crippen LogP contribution in [0.25, 0.3) is 0 Å². The van der Waals surface area contributed by atoms with Crippen LogP contribution in [0, 0.1) is 14.9 Å². The maximum absolute atomic E-state index is 12.6. The molecule has 8 heteroatoms. The highest BCUT2D eigenvalue weighted by atomic mass is 127. The Bertz CT molecular complexity index is 555. The maximum Gasteiger partial charge on any atom is 0.446 e. The molecule has 0 unspecified atom stereocenters. The lowest BCUT2D eigenvalue weighted by Gasteiger charge is -2.13. The van der Waals surface area contributed by atoms with Crippen LogP contribution >= 0.6 is 34.4 Å². The number of nitriles is 1. The molecule has 0 spiro atoms. The van der Waals surface area contributed by atoms with Gasteiger partial charge in [-0.2, -0.15) is 18.4 Å². The van der Waals surface area contributed by atoms with Crippen LogP contribution in [-0.4, -0.2) is 18.1 Å². The van der Waals surface area contributed by atoms with E-state index < -0.39 is 11.5 Å². The van der Waals surface area contributed by atoms with Crippen molar-refractivity contribution in [2.45, 2.75) is 23.7 Å². The summed E-state index contributed by atoms with van der Waals surface area (Å²) in [5.74, 6) is -0.600. The number of nitrogens with zero attached hydrogens (tertiary/aromatic N) is 1. The van der Waals surface area contributed by atoms with Gasteiger partial charge in [-0.05, 0) is 52.9 Å². The number of carbonyl (C=O) groups excluding carboxylic acids is 1. The predicted molar refractivity (Wildman–Crippen MR) is 76.1 cm³/mol. The molecule has 0 aliphatic heterocycles. The second-order valence-electron chi connectivity index (χ2n) is 3.56. The molecular weight excluding hydrogens is 406 g/mol. The number of halogens is 4. The van der Waals surface area contributed by atoms with Crippen molar-refractivity contribution in [2.75, 3.05) is 6.61 Å². The third-order valence-corrected chi connectivity index (χ3v) is 4.55. The molecular formula is C12H9F3INO2S. The Morgan fingerprint density at radius 1 is 1.50 bits per heavy atom. The van der Waals surface area contributed by atoms with Gasteiger partial charge in [0.25, 0.3) is 0 Å². The van der Waals surface area contributed by atoms with Crippen molar-refractivity contribution in [3.8, 4) is 6.07 Å². The van der Waals surface area contributed by atoms with Crippen LogP contribution in [0.2, 0.25) is 0 Å². The summed E-state index contributed by atoms with van der Waals surface area (Å²) < 4.78 is 42.7. The van der Waals surface area contributed by atoms with Crippen LogP contribution in [0.5, 0.6) is 0 Å². The number of carbonyl (C=O) groups is 1. The highest BCUT2D eigenvalue weighted by Gasteiger charge is 2.32. The van der Waals surface area contributed by atoms with Crippen LogP contribution in [0.4, 0.5) is 13.2 Å². The standard InChI is InChI=1S/C12H9F3INO2S/c1-2-19-9(18)5-7-3-4-8(6-17)10(16)11(7)20-12(13,14)15/h3-4H,2,5H2,1H3. The fourth-order valence-electron chi connectivity index (χ4n) is 1.42. The van der Waals surface area contributed by atoms with Gasteiger partial charge in [0.2, 0.25) is 0 Å². The largest absolute Gasteiger partial charge is 0.466 e. The Balaban J connectivity index is 3.20. The first kappa shape index (κ1) is 17.1. The van der Waals surface area contributed by atoms with Crippen LogP contribution in [0.15, 0.2) is 17.0 Å². The highest BCUT2D eigenvalue weighted by Crippen LogP contribution is 2.41. The fourth-order valence-corrected chi connectivity index (χ4v) is 3.09. The molecule has 0 atom stereocenters. The Labute approximate surface area is 131 Å². The zero-order valence-electron chi connectivity index (χ0n) is 10.3. The molecule has 1 rings (SSSR count). The van der Waals surface area contributed by atoms with Crippen molar-refractivity contribution in [2.24, 2.45) is 0 Å². The van der Waals surface area contributed by atoms with E-state index in [1.807, 2.05) is 6.07 Å². The van der Waals surface area contributed by atoms with Gasteiger partial charge in [0.05, 0.1) is 18.6 Å². The Morgan fingerprint density at radius 2 is 2.15 bits per heavy atom. The minimum atomic E-state index is -4.49. The fraction of sp³-hybridized carbons (Fsp3) is 0.333. The summed E-state index contributed by atoms with van der Waals surface area (Å²) >= 11 is 1.36. The topological polar surface area (TPSA) is 50.1 Å². The monoisotopic (exact) mass is 415 g/mol. The normalized spacial score (nSPS) is 11.0. The van der Waals surface area contributed by atoms with Crippen LogP contribution in [0.1, 0.15) is 18.1 Å². The molecule has 0 saturated heterocycles. The van der Waals surface area contributed by atoms with E-state index in [2.05, 4.69) is 0 Å². The highest BCUT2D eigenvalue weighted by molar-refractivity contribution is 14.1. The molecule has 0 heterocycles. The molecule has 0 saturated carbocycles. The van der Waals surface area contributed by atoms with E-state index in [4.69, 9.17) is 10.00 Å². The van der Waals surface area contributed by atoms with Crippen molar-refractivity contribution in [3.63, 3.8) is 0 Å². The molecule has 0 bridgehead atoms. The average molecular weight is 415 g/mol. The van der Waals surface area contributed by atoms with Gasteiger partial charge in [0, 0.05) is 8.47 Å². The quantitative estimate of drug-likeness (QED) is 0.426. The molecule has 1 aromatic rings. The van der Waals surface area contributed by atoms with Crippen molar-refractivity contribution in [3.05, 3.63) is 26.8 Å². The first-order chi connectivity index (χ1) is 9.28. The molecule has 1 aromatic carbocycles. The van der Waals surface area contributed by atoms with Gasteiger partial charge in [-0.25, -0.2) is 0 Å². The van der Waals surface area contributed by atoms with Crippen LogP contribution in [-0.2, 0) is 16.0 Å². The van der Waals surface area contributed by atoms with Crippen LogP contribution in [0.3, 0.4) is 0 Å². The number of ether oxygens (including phenoxy) is 1. The summed E-state index contributed by atoms with van der Waals surface area (Å²) in [5.41, 5.74) is -4.14. The molecule has 0 fully saturated rings. The van der Waals surface area contributed by atoms with Gasteiger partial charge in [0.1, 0.15) is 6.07 Å². The summed E-state index contributed by atoms with van der Waals surface area (Å²) in [5, 5.41) is 8.86. The minimum absolute atomic E-state index is 0.120. The summed E-state index contributed by atoms with van der Waals surface area (Å²) in [7, 11) is 0. The molecule has 108 valence electrons. The van der Waals surface area contributed by atoms with E-state index in [-0.39, 0.29) is 44.4 Å². The number of esters is 1. The van der Waals surface area contributed by atoms with Crippen molar-refractivity contribution >= 4 is 40.3 Å². The first-order valence-electron chi connectivity index (χ1n) is 5.41. The van der Waals surface area contributed by atoms with Crippen LogP contribution < -0.4 is 0 Å². The molecule has 0 aliphatic rings. The number of rotatable bonds is 4. The van der Waals surface area contributed by atoms with E-state index in [9.17, 15) is 18.0 Å². The Hall–Kier alpha value is -0.950. The molecule has 0 aromatic heterocycles. The van der Waals surface area contributed by atoms with E-state index in [0.29, 0.717) is 0 Å². The SMILES string of the molecule is CCOC(=O)Cc1ccc(C#N)c(I)c1SC(F)(F)F. The molecule has 3 nitrogen and oxygen atoms in total. The first-order valence-corrected chi connectivity index (χ1v) is 7.30. The summed E-state index contributed by atoms with van der Waals surface area (Å²) in [6, 6.07) is 4.58. The third kappa shape index (κ3) is 4.86. The summed E-state index contributed by atoms with van der Waals surface area (Å²) in [4.78, 5) is 11.3. The molecule has 0 aliphatic carbocycles. The van der Waals surface area contributed by atoms with Gasteiger partial charge in [0.15, 0.2) is 0 Å². The van der Waals surface area contributed by atoms with Crippen molar-refractivity contribution in [1.29, 1.82) is 5.26 Å². The van der Waals surface area contributed by atoms with E-state index in [1.165, 1.54) is 12.1 Å². The lowest BCUT2D eigenvalue weighted by Crippen LogP contribution is -2.10. The van der Waals surface area contributed by atoms with Crippen molar-refractivity contribution < 1.29 is 22.7 Å². The number of hydrogen-bond donors (Lipinski definition) is 0. The number of alkyl halides is 3. The Morgan fingerprint density at radius 3 is 2.65 bits per heavy atom. The molecule has 0 N–H and O–H groups in total. The Kier molecular flexibility index (Phi) is 6.13. The molecule has 0 radical (unpaired) electrons. The number of benzene rings is 1. The third-order valence-electron chi connectivity index (χ3n) is 2.16. The van der Waals surface area contributed by atoms with Gasteiger partial charge in [-0.1, -0.05) is 6.07 Å². The lowest BCUT2D eigenvalue weighted by atomic mass is 10.1. The summed E-state index contributed by atoms with van der Waals surface area (Å²) in [6.45, 7) is 1.78. The second-order valence-corrected chi connectivity index (χ2v) is 5.71. The van der Waals surface area contributed by atoms with Gasteiger partial charge < -0.3 is 4.74 Å². The van der Waals surface area contributed by atoms with Gasteiger partial charge in [-0.3, -0.25) is 4.79 Å². The zero-order chi connectivity index (χ0) is 15.3. The van der Waals surface area contributed by atoms with Gasteiger partial charge >= 0.3 is 11.5 Å². The zero-order valence-corrected chi connectivity index (χ0v) is 13.2. The minimum Gasteiger partial charge on any atom is -0.466 e. The van der Waals surface area contributed by atoms with Crippen molar-refractivity contribution in [1.82, 2.24) is 0 Å². The second kappa shape index (κ2) is 7.17. The lowest BCUT2D eigenvalue weighted by molar-refractivity contribution is -0.142. The predicted octanol–water partition coefficient (Wildman–Crippen LogP) is 3.88. The van der Waals surface area contributed by atoms with Gasteiger partial charge in [-0.15, -0.1) is 0 Å². The number of hydrogen-bond acceptors (Lipinski definition) is 4. The smallest absolute Gasteiger partial charge is 0.446 e. The van der Waals surface area contributed by atoms with E-state index >= 15 is 0 Å². The van der Waals surface area contributed by atoms with E-state index in [1.54, 1.807) is 29.5 Å². The maximum atomic E-state index is 12.6. The number of thioether (sulfide) groups is 1. The van der Waals surface area contributed by atoms with E-state index in [0.717, 1.165) is 0 Å². The molecule has 0 amide bonds. The molecule has 20 heavy (non-hydrogen) atoms. The average Bonchev–Trinajstić information content (AvgIpc) is 2.33. The summed E-state index contributed by atoms with van der Waals surface area (Å²) in [6.07, 6.45) is -0.256.